The molecule has 0 unspecified atom stereocenters. The molecule has 7 heteroatoms. The van der Waals surface area contributed by atoms with Crippen molar-refractivity contribution in [2.45, 2.75) is 19.8 Å². The number of carbonyl (C=O) groups excluding carboxylic acids is 1. The van der Waals surface area contributed by atoms with Crippen molar-refractivity contribution >= 4 is 34.8 Å². The minimum atomic E-state index is -0.484. The fourth-order valence-corrected chi connectivity index (χ4v) is 1.80. The summed E-state index contributed by atoms with van der Waals surface area (Å²) < 4.78 is 13.0. The number of amides is 1. The van der Waals surface area contributed by atoms with Gasteiger partial charge in [0.2, 0.25) is 5.91 Å². The Morgan fingerprint density at radius 2 is 1.95 bits per heavy atom. The molecule has 1 amide bonds. The van der Waals surface area contributed by atoms with Crippen LogP contribution in [0.25, 0.3) is 0 Å². The molecule has 5 nitrogen and oxygen atoms in total. The molecule has 0 bridgehead atoms. The van der Waals surface area contributed by atoms with E-state index in [1.807, 2.05) is 6.92 Å². The summed E-state index contributed by atoms with van der Waals surface area (Å²) in [6, 6.07) is 7.55. The molecule has 0 radical (unpaired) electrons. The topological polar surface area (TPSA) is 66.9 Å². The van der Waals surface area contributed by atoms with Gasteiger partial charge in [0, 0.05) is 12.1 Å². The summed E-state index contributed by atoms with van der Waals surface area (Å²) in [6.07, 6.45) is 1.21. The van der Waals surface area contributed by atoms with E-state index >= 15 is 0 Å². The Balaban J connectivity index is 2.01. The zero-order valence-corrected chi connectivity index (χ0v) is 12.1. The van der Waals surface area contributed by atoms with Crippen LogP contribution >= 0.6 is 11.6 Å². The van der Waals surface area contributed by atoms with Gasteiger partial charge >= 0.3 is 0 Å². The van der Waals surface area contributed by atoms with Crippen LogP contribution in [0.3, 0.4) is 0 Å². The normalized spacial score (nSPS) is 10.2. The maximum absolute atomic E-state index is 13.0. The largest absolute Gasteiger partial charge is 0.339 e. The molecular weight excluding hydrogens is 295 g/mol. The van der Waals surface area contributed by atoms with Gasteiger partial charge in [-0.3, -0.25) is 4.79 Å². The van der Waals surface area contributed by atoms with Gasteiger partial charge in [0.25, 0.3) is 0 Å². The fourth-order valence-electron chi connectivity index (χ4n) is 1.62. The van der Waals surface area contributed by atoms with E-state index in [9.17, 15) is 9.18 Å². The van der Waals surface area contributed by atoms with Crippen molar-refractivity contribution in [3.05, 3.63) is 41.2 Å². The highest BCUT2D eigenvalue weighted by Crippen LogP contribution is 2.21. The van der Waals surface area contributed by atoms with E-state index in [4.69, 9.17) is 11.6 Å². The Kier molecular flexibility index (Phi) is 5.05. The predicted molar refractivity (Wildman–Crippen MR) is 80.3 cm³/mol. The summed E-state index contributed by atoms with van der Waals surface area (Å²) >= 11 is 5.69. The zero-order chi connectivity index (χ0) is 15.2. The number of hydrogen-bond donors (Lipinski definition) is 2. The van der Waals surface area contributed by atoms with Crippen molar-refractivity contribution in [1.29, 1.82) is 0 Å². The Hall–Kier alpha value is -2.21. The third-order valence-electron chi connectivity index (χ3n) is 2.60. The molecule has 0 saturated heterocycles. The standard InChI is InChI=1S/C14H14ClFN4O/c1-2-3-14(21)18-13-7-6-12(19-20-13)17-9-4-5-11(16)10(15)8-9/h4-8H,2-3H2,1H3,(H,17,19)(H,18,20,21). The number of hydrogen-bond acceptors (Lipinski definition) is 4. The Morgan fingerprint density at radius 1 is 1.24 bits per heavy atom. The third-order valence-corrected chi connectivity index (χ3v) is 2.89. The molecule has 1 heterocycles. The number of benzene rings is 1. The SMILES string of the molecule is CCCC(=O)Nc1ccc(Nc2ccc(F)c(Cl)c2)nn1. The maximum Gasteiger partial charge on any atom is 0.225 e. The molecule has 0 atom stereocenters. The number of nitrogens with one attached hydrogen (secondary N) is 2. The average Bonchev–Trinajstić information content (AvgIpc) is 2.45. The first-order chi connectivity index (χ1) is 10.1. The van der Waals surface area contributed by atoms with Crippen molar-refractivity contribution in [1.82, 2.24) is 10.2 Å². The lowest BCUT2D eigenvalue weighted by Gasteiger charge is -2.07. The van der Waals surface area contributed by atoms with Gasteiger partial charge in [-0.2, -0.15) is 0 Å². The molecular formula is C14H14ClFN4O. The number of carbonyl (C=O) groups is 1. The molecule has 0 saturated carbocycles. The fraction of sp³-hybridized carbons (Fsp3) is 0.214. The van der Waals surface area contributed by atoms with Crippen LogP contribution in [0, 0.1) is 5.82 Å². The second kappa shape index (κ2) is 6.99. The first-order valence-corrected chi connectivity index (χ1v) is 6.82. The molecule has 0 aliphatic heterocycles. The van der Waals surface area contributed by atoms with E-state index < -0.39 is 5.82 Å². The van der Waals surface area contributed by atoms with Crippen LogP contribution < -0.4 is 10.6 Å². The van der Waals surface area contributed by atoms with Gasteiger partial charge in [0.1, 0.15) is 5.82 Å². The van der Waals surface area contributed by atoms with Gasteiger partial charge < -0.3 is 10.6 Å². The van der Waals surface area contributed by atoms with E-state index in [0.29, 0.717) is 23.7 Å². The molecule has 0 fully saturated rings. The van der Waals surface area contributed by atoms with Crippen LogP contribution in [0.4, 0.5) is 21.7 Å². The van der Waals surface area contributed by atoms with Crippen molar-refractivity contribution in [3.8, 4) is 0 Å². The van der Waals surface area contributed by atoms with Gasteiger partial charge in [0.15, 0.2) is 11.6 Å². The van der Waals surface area contributed by atoms with Crippen molar-refractivity contribution < 1.29 is 9.18 Å². The Morgan fingerprint density at radius 3 is 2.57 bits per heavy atom. The first-order valence-electron chi connectivity index (χ1n) is 6.44. The zero-order valence-electron chi connectivity index (χ0n) is 11.4. The van der Waals surface area contributed by atoms with E-state index in [1.54, 1.807) is 18.2 Å². The molecule has 0 aliphatic rings. The number of nitrogens with zero attached hydrogens (tertiary/aromatic N) is 2. The summed E-state index contributed by atoms with van der Waals surface area (Å²) in [4.78, 5) is 11.4. The van der Waals surface area contributed by atoms with Crippen molar-refractivity contribution in [2.24, 2.45) is 0 Å². The first kappa shape index (κ1) is 15.2. The second-order valence-corrected chi connectivity index (χ2v) is 4.76. The molecule has 110 valence electrons. The predicted octanol–water partition coefficient (Wildman–Crippen LogP) is 3.75. The van der Waals surface area contributed by atoms with E-state index in [1.165, 1.54) is 12.1 Å². The number of rotatable bonds is 5. The van der Waals surface area contributed by atoms with Crippen LogP contribution in [0.15, 0.2) is 30.3 Å². The van der Waals surface area contributed by atoms with Gasteiger partial charge in [-0.05, 0) is 36.8 Å². The van der Waals surface area contributed by atoms with Crippen LogP contribution in [-0.4, -0.2) is 16.1 Å². The van der Waals surface area contributed by atoms with E-state index in [-0.39, 0.29) is 10.9 Å². The van der Waals surface area contributed by atoms with E-state index in [2.05, 4.69) is 20.8 Å². The molecule has 2 N–H and O–H groups in total. The number of anilines is 3. The quantitative estimate of drug-likeness (QED) is 0.882. The summed E-state index contributed by atoms with van der Waals surface area (Å²) in [5.41, 5.74) is 0.596. The van der Waals surface area contributed by atoms with Gasteiger partial charge in [-0.15, -0.1) is 10.2 Å². The van der Waals surface area contributed by atoms with Crippen molar-refractivity contribution in [3.63, 3.8) is 0 Å². The van der Waals surface area contributed by atoms with Crippen LogP contribution in [-0.2, 0) is 4.79 Å². The highest BCUT2D eigenvalue weighted by atomic mass is 35.5. The Labute approximate surface area is 126 Å². The van der Waals surface area contributed by atoms with Gasteiger partial charge in [-0.1, -0.05) is 18.5 Å². The maximum atomic E-state index is 13.0. The number of halogens is 2. The summed E-state index contributed by atoms with van der Waals surface area (Å²) in [5, 5.41) is 13.4. The molecule has 21 heavy (non-hydrogen) atoms. The molecule has 0 aliphatic carbocycles. The summed E-state index contributed by atoms with van der Waals surface area (Å²) in [5.74, 6) is 0.266. The average molecular weight is 309 g/mol. The molecule has 0 spiro atoms. The second-order valence-electron chi connectivity index (χ2n) is 4.36. The highest BCUT2D eigenvalue weighted by Gasteiger charge is 2.04. The van der Waals surface area contributed by atoms with Gasteiger partial charge in [0.05, 0.1) is 5.02 Å². The van der Waals surface area contributed by atoms with Crippen LogP contribution in [0.1, 0.15) is 19.8 Å². The van der Waals surface area contributed by atoms with Crippen LogP contribution in [0.5, 0.6) is 0 Å². The monoisotopic (exact) mass is 308 g/mol. The smallest absolute Gasteiger partial charge is 0.225 e. The minimum absolute atomic E-state index is 0.0245. The van der Waals surface area contributed by atoms with E-state index in [0.717, 1.165) is 6.42 Å². The third kappa shape index (κ3) is 4.39. The molecule has 2 aromatic rings. The van der Waals surface area contributed by atoms with Crippen molar-refractivity contribution in [2.75, 3.05) is 10.6 Å². The van der Waals surface area contributed by atoms with Gasteiger partial charge in [-0.25, -0.2) is 4.39 Å². The summed E-state index contributed by atoms with van der Waals surface area (Å²) in [7, 11) is 0. The minimum Gasteiger partial charge on any atom is -0.339 e. The molecule has 1 aromatic heterocycles. The Bertz CT molecular complexity index is 633. The number of aromatic nitrogens is 2. The summed E-state index contributed by atoms with van der Waals surface area (Å²) in [6.45, 7) is 1.92. The highest BCUT2D eigenvalue weighted by molar-refractivity contribution is 6.31. The lowest BCUT2D eigenvalue weighted by Crippen LogP contribution is -2.12. The lowest BCUT2D eigenvalue weighted by atomic mass is 10.3. The van der Waals surface area contributed by atoms with Crippen LogP contribution in [0.2, 0.25) is 5.02 Å². The molecule has 2 rings (SSSR count). The molecule has 1 aromatic carbocycles. The lowest BCUT2D eigenvalue weighted by molar-refractivity contribution is -0.116.